The van der Waals surface area contributed by atoms with Gasteiger partial charge < -0.3 is 11.5 Å². The van der Waals surface area contributed by atoms with Crippen molar-refractivity contribution in [2.24, 2.45) is 0 Å². The first-order valence-electron chi connectivity index (χ1n) is 5.37. The summed E-state index contributed by atoms with van der Waals surface area (Å²) in [7, 11) is 0. The molecule has 1 amide bonds. The molecule has 94 valence electrons. The van der Waals surface area contributed by atoms with Crippen LogP contribution in [0.15, 0.2) is 18.2 Å². The third-order valence-electron chi connectivity index (χ3n) is 2.57. The van der Waals surface area contributed by atoms with Crippen molar-refractivity contribution in [3.8, 4) is 0 Å². The minimum atomic E-state index is -0.277. The lowest BCUT2D eigenvalue weighted by atomic mass is 10.1. The summed E-state index contributed by atoms with van der Waals surface area (Å²) in [6, 6.07) is 4.81. The third-order valence-corrected chi connectivity index (χ3v) is 3.56. The highest BCUT2D eigenvalue weighted by molar-refractivity contribution is 7.15. The van der Waals surface area contributed by atoms with Crippen LogP contribution in [0.25, 0.3) is 0 Å². The van der Waals surface area contributed by atoms with Crippen LogP contribution in [0.1, 0.15) is 20.9 Å². The number of aromatic nitrogens is 1. The van der Waals surface area contributed by atoms with Crippen molar-refractivity contribution in [3.05, 3.63) is 34.3 Å². The zero-order valence-electron chi connectivity index (χ0n) is 10.2. The summed E-state index contributed by atoms with van der Waals surface area (Å²) in [5, 5.41) is 3.30. The normalized spacial score (nSPS) is 10.3. The van der Waals surface area contributed by atoms with E-state index in [4.69, 9.17) is 11.5 Å². The quantitative estimate of drug-likeness (QED) is 0.723. The van der Waals surface area contributed by atoms with E-state index in [0.29, 0.717) is 22.1 Å². The highest BCUT2D eigenvalue weighted by Crippen LogP contribution is 2.23. The molecule has 1 aromatic heterocycles. The molecule has 0 fully saturated rings. The average molecular weight is 262 g/mol. The molecule has 5 nitrogen and oxygen atoms in total. The Labute approximate surface area is 109 Å². The lowest BCUT2D eigenvalue weighted by Crippen LogP contribution is -2.14. The number of hydrogen-bond acceptors (Lipinski definition) is 5. The lowest BCUT2D eigenvalue weighted by Gasteiger charge is -2.05. The van der Waals surface area contributed by atoms with Gasteiger partial charge in [-0.3, -0.25) is 10.1 Å². The largest absolute Gasteiger partial charge is 0.399 e. The number of thiazole rings is 1. The Morgan fingerprint density at radius 3 is 2.61 bits per heavy atom. The van der Waals surface area contributed by atoms with Gasteiger partial charge in [-0.1, -0.05) is 0 Å². The van der Waals surface area contributed by atoms with Crippen molar-refractivity contribution in [1.82, 2.24) is 4.98 Å². The van der Waals surface area contributed by atoms with Crippen LogP contribution in [-0.2, 0) is 0 Å². The highest BCUT2D eigenvalue weighted by atomic mass is 32.1. The topological polar surface area (TPSA) is 94.0 Å². The van der Waals surface area contributed by atoms with Crippen LogP contribution in [0, 0.1) is 13.8 Å². The Morgan fingerprint density at radius 1 is 1.33 bits per heavy atom. The Morgan fingerprint density at radius 2 is 2.06 bits per heavy atom. The molecule has 2 rings (SSSR count). The predicted octanol–water partition coefficient (Wildman–Crippen LogP) is 2.18. The van der Waals surface area contributed by atoms with Gasteiger partial charge in [0.05, 0.1) is 11.3 Å². The average Bonchev–Trinajstić information content (AvgIpc) is 2.57. The first kappa shape index (κ1) is 12.4. The summed E-state index contributed by atoms with van der Waals surface area (Å²) in [4.78, 5) is 17.3. The van der Waals surface area contributed by atoms with Gasteiger partial charge in [0.15, 0.2) is 5.13 Å². The standard InChI is InChI=1S/C12H14N4OS/c1-6-7(2)18-12(15-6)16-11(17)9-4-3-8(13)5-10(9)14/h3-5H,13-14H2,1-2H3,(H,15,16,17). The van der Waals surface area contributed by atoms with Crippen LogP contribution in [-0.4, -0.2) is 10.9 Å². The molecule has 0 spiro atoms. The number of nitrogens with one attached hydrogen (secondary N) is 1. The van der Waals surface area contributed by atoms with E-state index in [1.807, 2.05) is 13.8 Å². The molecule has 0 unspecified atom stereocenters. The smallest absolute Gasteiger partial charge is 0.259 e. The van der Waals surface area contributed by atoms with Crippen molar-refractivity contribution < 1.29 is 4.79 Å². The zero-order chi connectivity index (χ0) is 13.3. The summed E-state index contributed by atoms with van der Waals surface area (Å²) in [6.07, 6.45) is 0. The molecule has 0 saturated heterocycles. The van der Waals surface area contributed by atoms with E-state index >= 15 is 0 Å². The van der Waals surface area contributed by atoms with E-state index in [0.717, 1.165) is 10.6 Å². The second-order valence-electron chi connectivity index (χ2n) is 3.96. The summed E-state index contributed by atoms with van der Waals surface area (Å²) >= 11 is 1.44. The number of amides is 1. The molecule has 0 aliphatic carbocycles. The minimum Gasteiger partial charge on any atom is -0.399 e. The number of rotatable bonds is 2. The Balaban J connectivity index is 2.22. The van der Waals surface area contributed by atoms with Crippen molar-refractivity contribution in [2.45, 2.75) is 13.8 Å². The molecule has 0 aliphatic rings. The third kappa shape index (κ3) is 2.43. The molecular weight excluding hydrogens is 248 g/mol. The van der Waals surface area contributed by atoms with E-state index < -0.39 is 0 Å². The number of nitrogen functional groups attached to an aromatic ring is 2. The van der Waals surface area contributed by atoms with Crippen LogP contribution in [0.3, 0.4) is 0 Å². The number of carbonyl (C=O) groups is 1. The van der Waals surface area contributed by atoms with E-state index in [1.165, 1.54) is 11.3 Å². The maximum absolute atomic E-state index is 12.0. The zero-order valence-corrected chi connectivity index (χ0v) is 11.0. The number of anilines is 3. The molecule has 0 saturated carbocycles. The number of hydrogen-bond donors (Lipinski definition) is 3. The fourth-order valence-electron chi connectivity index (χ4n) is 1.48. The Hall–Kier alpha value is -2.08. The monoisotopic (exact) mass is 262 g/mol. The molecule has 0 atom stereocenters. The number of carbonyl (C=O) groups excluding carboxylic acids is 1. The molecule has 6 heteroatoms. The van der Waals surface area contributed by atoms with Gasteiger partial charge in [-0.05, 0) is 32.0 Å². The molecule has 1 heterocycles. The first-order valence-corrected chi connectivity index (χ1v) is 6.19. The van der Waals surface area contributed by atoms with Crippen LogP contribution in [0.2, 0.25) is 0 Å². The number of aryl methyl sites for hydroxylation is 2. The number of nitrogens with zero attached hydrogens (tertiary/aromatic N) is 1. The first-order chi connectivity index (χ1) is 8.47. The maximum atomic E-state index is 12.0. The summed E-state index contributed by atoms with van der Waals surface area (Å²) in [5.41, 5.74) is 13.5. The van der Waals surface area contributed by atoms with Gasteiger partial charge in [0.2, 0.25) is 0 Å². The SMILES string of the molecule is Cc1nc(NC(=O)c2ccc(N)cc2N)sc1C. The molecule has 5 N–H and O–H groups in total. The van der Waals surface area contributed by atoms with E-state index in [-0.39, 0.29) is 5.91 Å². The Bertz CT molecular complexity index is 587. The van der Waals surface area contributed by atoms with E-state index in [1.54, 1.807) is 18.2 Å². The van der Waals surface area contributed by atoms with E-state index in [2.05, 4.69) is 10.3 Å². The molecule has 0 aliphatic heterocycles. The van der Waals surface area contributed by atoms with Crippen molar-refractivity contribution in [1.29, 1.82) is 0 Å². The van der Waals surface area contributed by atoms with Crippen molar-refractivity contribution in [3.63, 3.8) is 0 Å². The van der Waals surface area contributed by atoms with Crippen LogP contribution < -0.4 is 16.8 Å². The number of benzene rings is 1. The van der Waals surface area contributed by atoms with Crippen molar-refractivity contribution >= 4 is 33.8 Å². The van der Waals surface area contributed by atoms with Gasteiger partial charge in [-0.15, -0.1) is 11.3 Å². The van der Waals surface area contributed by atoms with Crippen LogP contribution in [0.5, 0.6) is 0 Å². The van der Waals surface area contributed by atoms with E-state index in [9.17, 15) is 4.79 Å². The maximum Gasteiger partial charge on any atom is 0.259 e. The molecular formula is C12H14N4OS. The van der Waals surface area contributed by atoms with Gasteiger partial charge in [-0.2, -0.15) is 0 Å². The van der Waals surface area contributed by atoms with Crippen LogP contribution in [0.4, 0.5) is 16.5 Å². The fourth-order valence-corrected chi connectivity index (χ4v) is 2.29. The van der Waals surface area contributed by atoms with Gasteiger partial charge in [-0.25, -0.2) is 4.98 Å². The second kappa shape index (κ2) is 4.66. The molecule has 18 heavy (non-hydrogen) atoms. The van der Waals surface area contributed by atoms with Gasteiger partial charge in [0.1, 0.15) is 0 Å². The minimum absolute atomic E-state index is 0.277. The lowest BCUT2D eigenvalue weighted by molar-refractivity contribution is 0.102. The summed E-state index contributed by atoms with van der Waals surface area (Å²) in [6.45, 7) is 3.86. The molecule has 0 bridgehead atoms. The molecule has 0 radical (unpaired) electrons. The fraction of sp³-hybridized carbons (Fsp3) is 0.167. The van der Waals surface area contributed by atoms with Crippen LogP contribution >= 0.6 is 11.3 Å². The molecule has 1 aromatic carbocycles. The molecule has 2 aromatic rings. The summed E-state index contributed by atoms with van der Waals surface area (Å²) < 4.78 is 0. The highest BCUT2D eigenvalue weighted by Gasteiger charge is 2.12. The Kier molecular flexibility index (Phi) is 3.20. The second-order valence-corrected chi connectivity index (χ2v) is 5.16. The van der Waals surface area contributed by atoms with Gasteiger partial charge >= 0.3 is 0 Å². The number of nitrogens with two attached hydrogens (primary N) is 2. The van der Waals surface area contributed by atoms with Crippen molar-refractivity contribution in [2.75, 3.05) is 16.8 Å². The van der Waals surface area contributed by atoms with Gasteiger partial charge in [0, 0.05) is 16.3 Å². The summed E-state index contributed by atoms with van der Waals surface area (Å²) in [5.74, 6) is -0.277. The predicted molar refractivity (Wildman–Crippen MR) is 74.8 cm³/mol. The van der Waals surface area contributed by atoms with Gasteiger partial charge in [0.25, 0.3) is 5.91 Å².